The first-order valence-corrected chi connectivity index (χ1v) is 5.05. The van der Waals surface area contributed by atoms with Crippen LogP contribution in [0.2, 0.25) is 0 Å². The number of aromatic amines is 1. The van der Waals surface area contributed by atoms with Gasteiger partial charge in [-0.2, -0.15) is 5.10 Å². The molecule has 0 spiro atoms. The standard InChI is InChI=1S/C10H12N4O2/c1-2-3-7-6-9(13-12-7)11-10(15)8-4-5-16-14-8/h4-6H,2-3H2,1H3,(H2,11,12,13,15). The van der Waals surface area contributed by atoms with Crippen LogP contribution in [0.1, 0.15) is 29.5 Å². The van der Waals surface area contributed by atoms with Gasteiger partial charge in [-0.25, -0.2) is 0 Å². The van der Waals surface area contributed by atoms with E-state index in [0.717, 1.165) is 18.5 Å². The molecule has 0 unspecified atom stereocenters. The van der Waals surface area contributed by atoms with E-state index < -0.39 is 0 Å². The normalized spacial score (nSPS) is 10.3. The minimum atomic E-state index is -0.330. The van der Waals surface area contributed by atoms with Crippen LogP contribution in [0.5, 0.6) is 0 Å². The predicted octanol–water partition coefficient (Wildman–Crippen LogP) is 1.60. The maximum Gasteiger partial charge on any atom is 0.279 e. The van der Waals surface area contributed by atoms with E-state index >= 15 is 0 Å². The second-order valence-corrected chi connectivity index (χ2v) is 3.37. The third kappa shape index (κ3) is 2.28. The Hall–Kier alpha value is -2.11. The van der Waals surface area contributed by atoms with Crippen molar-refractivity contribution in [2.45, 2.75) is 19.8 Å². The van der Waals surface area contributed by atoms with E-state index in [9.17, 15) is 4.79 Å². The molecule has 0 atom stereocenters. The number of anilines is 1. The fourth-order valence-electron chi connectivity index (χ4n) is 1.33. The Labute approximate surface area is 92.0 Å². The number of carbonyl (C=O) groups excluding carboxylic acids is 1. The molecule has 0 fully saturated rings. The van der Waals surface area contributed by atoms with E-state index in [-0.39, 0.29) is 11.6 Å². The molecule has 1 amide bonds. The molecule has 0 aliphatic heterocycles. The molecule has 0 radical (unpaired) electrons. The summed E-state index contributed by atoms with van der Waals surface area (Å²) in [6.45, 7) is 2.08. The summed E-state index contributed by atoms with van der Waals surface area (Å²) >= 11 is 0. The van der Waals surface area contributed by atoms with Crippen LogP contribution in [0.25, 0.3) is 0 Å². The van der Waals surface area contributed by atoms with Crippen LogP contribution in [0.15, 0.2) is 22.9 Å². The van der Waals surface area contributed by atoms with Gasteiger partial charge in [-0.3, -0.25) is 9.89 Å². The molecule has 0 bridgehead atoms. The summed E-state index contributed by atoms with van der Waals surface area (Å²) in [5.41, 5.74) is 1.23. The smallest absolute Gasteiger partial charge is 0.279 e. The second-order valence-electron chi connectivity index (χ2n) is 3.37. The highest BCUT2D eigenvalue weighted by atomic mass is 16.5. The van der Waals surface area contributed by atoms with Crippen molar-refractivity contribution in [2.75, 3.05) is 5.32 Å². The van der Waals surface area contributed by atoms with Crippen molar-refractivity contribution < 1.29 is 9.32 Å². The number of hydrogen-bond acceptors (Lipinski definition) is 4. The summed E-state index contributed by atoms with van der Waals surface area (Å²) in [4.78, 5) is 11.6. The fourth-order valence-corrected chi connectivity index (χ4v) is 1.33. The molecule has 0 aromatic carbocycles. The number of carbonyl (C=O) groups is 1. The molecule has 2 aromatic heterocycles. The van der Waals surface area contributed by atoms with Crippen molar-refractivity contribution in [3.63, 3.8) is 0 Å². The van der Waals surface area contributed by atoms with Crippen LogP contribution in [-0.4, -0.2) is 21.3 Å². The van der Waals surface area contributed by atoms with Gasteiger partial charge in [0.25, 0.3) is 5.91 Å². The van der Waals surface area contributed by atoms with Gasteiger partial charge in [0.05, 0.1) is 0 Å². The van der Waals surface area contributed by atoms with Crippen LogP contribution in [-0.2, 0) is 6.42 Å². The molecule has 2 rings (SSSR count). The zero-order valence-electron chi connectivity index (χ0n) is 8.86. The molecular weight excluding hydrogens is 208 g/mol. The largest absolute Gasteiger partial charge is 0.364 e. The predicted molar refractivity (Wildman–Crippen MR) is 57.0 cm³/mol. The maximum absolute atomic E-state index is 11.6. The number of amides is 1. The van der Waals surface area contributed by atoms with E-state index in [1.54, 1.807) is 0 Å². The average molecular weight is 220 g/mol. The minimum absolute atomic E-state index is 0.236. The Morgan fingerprint density at radius 1 is 1.62 bits per heavy atom. The number of nitrogens with zero attached hydrogens (tertiary/aromatic N) is 2. The zero-order valence-corrected chi connectivity index (χ0v) is 8.86. The van der Waals surface area contributed by atoms with Gasteiger partial charge in [0.1, 0.15) is 6.26 Å². The molecule has 2 N–H and O–H groups in total. The number of hydrogen-bond donors (Lipinski definition) is 2. The Balaban J connectivity index is 2.01. The highest BCUT2D eigenvalue weighted by Crippen LogP contribution is 2.08. The lowest BCUT2D eigenvalue weighted by atomic mass is 10.2. The molecule has 84 valence electrons. The minimum Gasteiger partial charge on any atom is -0.364 e. The highest BCUT2D eigenvalue weighted by molar-refractivity contribution is 6.02. The topological polar surface area (TPSA) is 83.8 Å². The first-order valence-electron chi connectivity index (χ1n) is 5.05. The van der Waals surface area contributed by atoms with Crippen molar-refractivity contribution in [3.05, 3.63) is 29.8 Å². The number of H-pyrrole nitrogens is 1. The molecule has 2 aromatic rings. The van der Waals surface area contributed by atoms with Gasteiger partial charge in [0.15, 0.2) is 11.5 Å². The number of nitrogens with one attached hydrogen (secondary N) is 2. The number of aryl methyl sites for hydroxylation is 1. The Kier molecular flexibility index (Phi) is 3.00. The number of aromatic nitrogens is 3. The Morgan fingerprint density at radius 2 is 2.50 bits per heavy atom. The summed E-state index contributed by atoms with van der Waals surface area (Å²) in [7, 11) is 0. The van der Waals surface area contributed by atoms with Crippen LogP contribution >= 0.6 is 0 Å². The summed E-state index contributed by atoms with van der Waals surface area (Å²) in [6.07, 6.45) is 3.29. The van der Waals surface area contributed by atoms with Crippen LogP contribution in [0.3, 0.4) is 0 Å². The molecule has 0 aliphatic carbocycles. The van der Waals surface area contributed by atoms with Gasteiger partial charge in [-0.1, -0.05) is 18.5 Å². The van der Waals surface area contributed by atoms with Gasteiger partial charge in [0, 0.05) is 17.8 Å². The third-order valence-corrected chi connectivity index (χ3v) is 2.06. The third-order valence-electron chi connectivity index (χ3n) is 2.06. The quantitative estimate of drug-likeness (QED) is 0.819. The fraction of sp³-hybridized carbons (Fsp3) is 0.300. The number of rotatable bonds is 4. The summed E-state index contributed by atoms with van der Waals surface area (Å²) in [5, 5.41) is 13.0. The van der Waals surface area contributed by atoms with Crippen molar-refractivity contribution in [3.8, 4) is 0 Å². The van der Waals surface area contributed by atoms with E-state index in [1.807, 2.05) is 6.07 Å². The Morgan fingerprint density at radius 3 is 3.19 bits per heavy atom. The van der Waals surface area contributed by atoms with Crippen molar-refractivity contribution in [1.29, 1.82) is 0 Å². The summed E-state index contributed by atoms with van der Waals surface area (Å²) < 4.78 is 4.58. The van der Waals surface area contributed by atoms with Crippen molar-refractivity contribution in [2.24, 2.45) is 0 Å². The summed E-state index contributed by atoms with van der Waals surface area (Å²) in [6, 6.07) is 3.30. The summed E-state index contributed by atoms with van der Waals surface area (Å²) in [5.74, 6) is 0.166. The van der Waals surface area contributed by atoms with Crippen LogP contribution < -0.4 is 5.32 Å². The van der Waals surface area contributed by atoms with Gasteiger partial charge in [-0.15, -0.1) is 0 Å². The van der Waals surface area contributed by atoms with Gasteiger partial charge >= 0.3 is 0 Å². The molecule has 0 saturated carbocycles. The van der Waals surface area contributed by atoms with Crippen LogP contribution in [0.4, 0.5) is 5.82 Å². The zero-order chi connectivity index (χ0) is 11.4. The maximum atomic E-state index is 11.6. The van der Waals surface area contributed by atoms with Crippen LogP contribution in [0, 0.1) is 0 Å². The highest BCUT2D eigenvalue weighted by Gasteiger charge is 2.10. The lowest BCUT2D eigenvalue weighted by molar-refractivity contribution is 0.101. The van der Waals surface area contributed by atoms with E-state index in [4.69, 9.17) is 0 Å². The molecular formula is C10H12N4O2. The monoisotopic (exact) mass is 220 g/mol. The molecule has 16 heavy (non-hydrogen) atoms. The van der Waals surface area contributed by atoms with Gasteiger partial charge in [0.2, 0.25) is 0 Å². The molecule has 6 nitrogen and oxygen atoms in total. The first kappa shape index (κ1) is 10.4. The first-order chi connectivity index (χ1) is 7.79. The van der Waals surface area contributed by atoms with Crippen molar-refractivity contribution >= 4 is 11.7 Å². The van der Waals surface area contributed by atoms with E-state index in [0.29, 0.717) is 5.82 Å². The average Bonchev–Trinajstić information content (AvgIpc) is 2.89. The lowest BCUT2D eigenvalue weighted by Gasteiger charge is -1.95. The van der Waals surface area contributed by atoms with E-state index in [1.165, 1.54) is 12.3 Å². The van der Waals surface area contributed by atoms with Gasteiger partial charge < -0.3 is 9.84 Å². The second kappa shape index (κ2) is 4.61. The molecule has 2 heterocycles. The lowest BCUT2D eigenvalue weighted by Crippen LogP contribution is -2.12. The Bertz CT molecular complexity index is 461. The molecule has 6 heteroatoms. The SMILES string of the molecule is CCCc1cc(NC(=O)c2ccon2)n[nH]1. The van der Waals surface area contributed by atoms with Gasteiger partial charge in [-0.05, 0) is 6.42 Å². The van der Waals surface area contributed by atoms with Crippen molar-refractivity contribution in [1.82, 2.24) is 15.4 Å². The molecule has 0 aliphatic rings. The van der Waals surface area contributed by atoms with E-state index in [2.05, 4.69) is 32.1 Å². The molecule has 0 saturated heterocycles.